The zero-order valence-electron chi connectivity index (χ0n) is 12.0. The first-order valence-corrected chi connectivity index (χ1v) is 7.78. The number of nitrogens with zero attached hydrogens (tertiary/aromatic N) is 3. The van der Waals surface area contributed by atoms with Gasteiger partial charge in [0.25, 0.3) is 5.56 Å². The van der Waals surface area contributed by atoms with Crippen LogP contribution in [0.4, 0.5) is 0 Å². The van der Waals surface area contributed by atoms with Gasteiger partial charge < -0.3 is 9.64 Å². The number of hydrogen-bond donors (Lipinski definition) is 0. The van der Waals surface area contributed by atoms with Gasteiger partial charge in [0, 0.05) is 13.1 Å². The number of carbonyl (C=O) groups excluding carboxylic acids is 1. The van der Waals surface area contributed by atoms with Crippen LogP contribution in [0.2, 0.25) is 0 Å². The van der Waals surface area contributed by atoms with Crippen LogP contribution in [0.25, 0.3) is 10.2 Å². The standard InChI is InChI=1S/C14H17N3O3S/c1-9-5-16(6-10(2)20-9)12(18)7-17-8-15-13-11(14(17)19)3-4-21-13/h3-4,8-10H,5-7H2,1-2H3. The van der Waals surface area contributed by atoms with E-state index in [-0.39, 0.29) is 30.2 Å². The van der Waals surface area contributed by atoms with E-state index in [1.807, 2.05) is 19.2 Å². The summed E-state index contributed by atoms with van der Waals surface area (Å²) in [6.45, 7) is 5.04. The molecule has 0 radical (unpaired) electrons. The summed E-state index contributed by atoms with van der Waals surface area (Å²) in [4.78, 5) is 31.3. The first-order chi connectivity index (χ1) is 10.0. The highest BCUT2D eigenvalue weighted by Crippen LogP contribution is 2.14. The molecule has 0 N–H and O–H groups in total. The maximum Gasteiger partial charge on any atom is 0.262 e. The second kappa shape index (κ2) is 5.57. The van der Waals surface area contributed by atoms with Gasteiger partial charge >= 0.3 is 0 Å². The molecule has 3 rings (SSSR count). The molecular formula is C14H17N3O3S. The normalized spacial score (nSPS) is 22.7. The average Bonchev–Trinajstić information content (AvgIpc) is 2.90. The van der Waals surface area contributed by atoms with Gasteiger partial charge in [0.2, 0.25) is 5.91 Å². The predicted octanol–water partition coefficient (Wildman–Crippen LogP) is 1.09. The first-order valence-electron chi connectivity index (χ1n) is 6.90. The zero-order chi connectivity index (χ0) is 15.0. The summed E-state index contributed by atoms with van der Waals surface area (Å²) in [5.74, 6) is -0.0736. The molecule has 21 heavy (non-hydrogen) atoms. The Morgan fingerprint density at radius 2 is 2.14 bits per heavy atom. The number of rotatable bonds is 2. The second-order valence-electron chi connectivity index (χ2n) is 5.37. The van der Waals surface area contributed by atoms with Gasteiger partial charge in [-0.3, -0.25) is 14.2 Å². The number of morpholine rings is 1. The Balaban J connectivity index is 1.80. The molecule has 1 saturated heterocycles. The van der Waals surface area contributed by atoms with Crippen LogP contribution in [-0.4, -0.2) is 45.7 Å². The van der Waals surface area contributed by atoms with E-state index in [0.717, 1.165) is 0 Å². The SMILES string of the molecule is CC1CN(C(=O)Cn2cnc3sccc3c2=O)CC(C)O1. The highest BCUT2D eigenvalue weighted by atomic mass is 32.1. The van der Waals surface area contributed by atoms with E-state index in [4.69, 9.17) is 4.74 Å². The Labute approximate surface area is 126 Å². The fraction of sp³-hybridized carbons (Fsp3) is 0.500. The summed E-state index contributed by atoms with van der Waals surface area (Å²) in [6, 6.07) is 1.75. The summed E-state index contributed by atoms with van der Waals surface area (Å²) in [5, 5.41) is 2.40. The second-order valence-corrected chi connectivity index (χ2v) is 6.27. The van der Waals surface area contributed by atoms with Gasteiger partial charge in [-0.05, 0) is 25.3 Å². The van der Waals surface area contributed by atoms with E-state index < -0.39 is 0 Å². The van der Waals surface area contributed by atoms with Crippen molar-refractivity contribution in [2.75, 3.05) is 13.1 Å². The van der Waals surface area contributed by atoms with E-state index in [2.05, 4.69) is 4.98 Å². The third-order valence-electron chi connectivity index (χ3n) is 3.53. The maximum absolute atomic E-state index is 12.4. The number of ether oxygens (including phenoxy) is 1. The van der Waals surface area contributed by atoms with Crippen LogP contribution in [0, 0.1) is 0 Å². The fourth-order valence-corrected chi connectivity index (χ4v) is 3.36. The van der Waals surface area contributed by atoms with Crippen molar-refractivity contribution in [2.24, 2.45) is 0 Å². The summed E-state index contributed by atoms with van der Waals surface area (Å²) in [6.07, 6.45) is 1.49. The molecule has 2 aromatic heterocycles. The van der Waals surface area contributed by atoms with Crippen LogP contribution in [0.5, 0.6) is 0 Å². The van der Waals surface area contributed by atoms with Crippen LogP contribution < -0.4 is 5.56 Å². The predicted molar refractivity (Wildman–Crippen MR) is 80.5 cm³/mol. The molecule has 0 bridgehead atoms. The lowest BCUT2D eigenvalue weighted by Gasteiger charge is -2.35. The Hall–Kier alpha value is -1.73. The van der Waals surface area contributed by atoms with Crippen molar-refractivity contribution in [1.82, 2.24) is 14.5 Å². The van der Waals surface area contributed by atoms with Crippen LogP contribution in [0.15, 0.2) is 22.6 Å². The molecule has 1 aliphatic rings. The largest absolute Gasteiger partial charge is 0.372 e. The third-order valence-corrected chi connectivity index (χ3v) is 4.35. The lowest BCUT2D eigenvalue weighted by Crippen LogP contribution is -2.49. The summed E-state index contributed by atoms with van der Waals surface area (Å²) >= 11 is 1.42. The maximum atomic E-state index is 12.4. The third kappa shape index (κ3) is 2.84. The summed E-state index contributed by atoms with van der Waals surface area (Å²) in [5.41, 5.74) is -0.163. The van der Waals surface area contributed by atoms with Gasteiger partial charge in [0.15, 0.2) is 0 Å². The highest BCUT2D eigenvalue weighted by Gasteiger charge is 2.26. The number of hydrogen-bond acceptors (Lipinski definition) is 5. The molecule has 112 valence electrons. The van der Waals surface area contributed by atoms with Gasteiger partial charge in [-0.25, -0.2) is 4.98 Å². The van der Waals surface area contributed by atoms with Crippen LogP contribution in [0.1, 0.15) is 13.8 Å². The lowest BCUT2D eigenvalue weighted by molar-refractivity contribution is -0.143. The number of amides is 1. The van der Waals surface area contributed by atoms with Gasteiger partial charge in [-0.1, -0.05) is 0 Å². The Bertz CT molecular complexity index is 714. The minimum Gasteiger partial charge on any atom is -0.372 e. The van der Waals surface area contributed by atoms with Crippen molar-refractivity contribution >= 4 is 27.5 Å². The smallest absolute Gasteiger partial charge is 0.262 e. The van der Waals surface area contributed by atoms with E-state index in [1.165, 1.54) is 22.2 Å². The molecule has 0 saturated carbocycles. The molecule has 2 unspecified atom stereocenters. The van der Waals surface area contributed by atoms with Gasteiger partial charge in [0.05, 0.1) is 23.9 Å². The lowest BCUT2D eigenvalue weighted by atomic mass is 10.2. The Morgan fingerprint density at radius 1 is 1.43 bits per heavy atom. The fourth-order valence-electron chi connectivity index (χ4n) is 2.63. The van der Waals surface area contributed by atoms with Crippen molar-refractivity contribution in [3.8, 4) is 0 Å². The molecule has 1 aliphatic heterocycles. The number of carbonyl (C=O) groups is 1. The molecule has 2 aromatic rings. The van der Waals surface area contributed by atoms with Crippen LogP contribution in [0.3, 0.4) is 0 Å². The molecular weight excluding hydrogens is 290 g/mol. The molecule has 7 heteroatoms. The van der Waals surface area contributed by atoms with E-state index in [1.54, 1.807) is 11.0 Å². The number of thiophene rings is 1. The van der Waals surface area contributed by atoms with Crippen molar-refractivity contribution < 1.29 is 9.53 Å². The monoisotopic (exact) mass is 307 g/mol. The molecule has 0 aromatic carbocycles. The van der Waals surface area contributed by atoms with Crippen LogP contribution in [-0.2, 0) is 16.1 Å². The molecule has 0 aliphatic carbocycles. The van der Waals surface area contributed by atoms with Gasteiger partial charge in [-0.15, -0.1) is 11.3 Å². The molecule has 2 atom stereocenters. The van der Waals surface area contributed by atoms with E-state index in [0.29, 0.717) is 23.3 Å². The molecule has 3 heterocycles. The molecule has 1 fully saturated rings. The van der Waals surface area contributed by atoms with Crippen molar-refractivity contribution in [3.63, 3.8) is 0 Å². The van der Waals surface area contributed by atoms with Crippen molar-refractivity contribution in [2.45, 2.75) is 32.6 Å². The molecule has 0 spiro atoms. The molecule has 1 amide bonds. The number of fused-ring (bicyclic) bond motifs is 1. The minimum atomic E-state index is -0.163. The summed E-state index contributed by atoms with van der Waals surface area (Å²) < 4.78 is 6.99. The van der Waals surface area contributed by atoms with E-state index in [9.17, 15) is 9.59 Å². The first kappa shape index (κ1) is 14.2. The number of aromatic nitrogens is 2. The van der Waals surface area contributed by atoms with Crippen molar-refractivity contribution in [3.05, 3.63) is 28.1 Å². The summed E-state index contributed by atoms with van der Waals surface area (Å²) in [7, 11) is 0. The highest BCUT2D eigenvalue weighted by molar-refractivity contribution is 7.16. The topological polar surface area (TPSA) is 64.4 Å². The Morgan fingerprint density at radius 3 is 2.86 bits per heavy atom. The van der Waals surface area contributed by atoms with E-state index >= 15 is 0 Å². The van der Waals surface area contributed by atoms with Gasteiger partial charge in [0.1, 0.15) is 11.4 Å². The van der Waals surface area contributed by atoms with Crippen LogP contribution >= 0.6 is 11.3 Å². The van der Waals surface area contributed by atoms with Crippen molar-refractivity contribution in [1.29, 1.82) is 0 Å². The average molecular weight is 307 g/mol. The minimum absolute atomic E-state index is 0.0203. The zero-order valence-corrected chi connectivity index (χ0v) is 12.8. The van der Waals surface area contributed by atoms with Gasteiger partial charge in [-0.2, -0.15) is 0 Å². The Kier molecular flexibility index (Phi) is 3.77. The quantitative estimate of drug-likeness (QED) is 0.833. The molecule has 6 nitrogen and oxygen atoms in total.